The van der Waals surface area contributed by atoms with E-state index in [4.69, 9.17) is 9.15 Å². The van der Waals surface area contributed by atoms with Crippen LogP contribution in [0.5, 0.6) is 0 Å². The molecule has 84 valence electrons. The number of fused-ring (bicyclic) bond motifs is 1. The molecule has 16 heavy (non-hydrogen) atoms. The molecule has 0 N–H and O–H groups in total. The van der Waals surface area contributed by atoms with Crippen LogP contribution in [-0.4, -0.2) is 12.7 Å². The molecule has 0 amide bonds. The van der Waals surface area contributed by atoms with Gasteiger partial charge in [0.15, 0.2) is 0 Å². The van der Waals surface area contributed by atoms with Crippen molar-refractivity contribution in [2.24, 2.45) is 0 Å². The van der Waals surface area contributed by atoms with E-state index < -0.39 is 0 Å². The quantitative estimate of drug-likeness (QED) is 0.716. The first-order chi connectivity index (χ1) is 7.93. The smallest absolute Gasteiger partial charge is 0.0974 e. The van der Waals surface area contributed by atoms with Crippen molar-refractivity contribution < 1.29 is 9.15 Å². The molecule has 0 spiro atoms. The standard InChI is InChI=1S/C14H16O2/c1-2-4-14-13(3-1)12(6-8-16-14)9-11-5-7-15-10-11/h3,5,7,9-10,14H,1-2,4,6,8H2/b12-9+. The van der Waals surface area contributed by atoms with Crippen molar-refractivity contribution in [1.29, 1.82) is 0 Å². The zero-order valence-corrected chi connectivity index (χ0v) is 9.32. The summed E-state index contributed by atoms with van der Waals surface area (Å²) in [7, 11) is 0. The van der Waals surface area contributed by atoms with E-state index in [0.29, 0.717) is 6.10 Å². The van der Waals surface area contributed by atoms with Gasteiger partial charge < -0.3 is 9.15 Å². The van der Waals surface area contributed by atoms with Crippen LogP contribution < -0.4 is 0 Å². The lowest BCUT2D eigenvalue weighted by Crippen LogP contribution is -2.25. The Morgan fingerprint density at radius 2 is 2.38 bits per heavy atom. The van der Waals surface area contributed by atoms with Crippen molar-refractivity contribution in [2.45, 2.75) is 31.8 Å². The second-order valence-electron chi connectivity index (χ2n) is 4.43. The van der Waals surface area contributed by atoms with E-state index in [1.165, 1.54) is 30.4 Å². The van der Waals surface area contributed by atoms with E-state index in [0.717, 1.165) is 18.6 Å². The highest BCUT2D eigenvalue weighted by Gasteiger charge is 2.25. The van der Waals surface area contributed by atoms with Crippen LogP contribution in [0.1, 0.15) is 31.2 Å². The molecule has 2 heteroatoms. The van der Waals surface area contributed by atoms with E-state index in [1.807, 2.05) is 6.07 Å². The van der Waals surface area contributed by atoms with Crippen LogP contribution in [0.4, 0.5) is 0 Å². The molecule has 1 saturated heterocycles. The number of hydrogen-bond acceptors (Lipinski definition) is 2. The van der Waals surface area contributed by atoms with Crippen LogP contribution in [0.15, 0.2) is 40.2 Å². The van der Waals surface area contributed by atoms with Gasteiger partial charge in [-0.25, -0.2) is 0 Å². The summed E-state index contributed by atoms with van der Waals surface area (Å²) in [5, 5.41) is 0. The van der Waals surface area contributed by atoms with E-state index in [-0.39, 0.29) is 0 Å². The largest absolute Gasteiger partial charge is 0.472 e. The fourth-order valence-electron chi connectivity index (χ4n) is 2.53. The van der Waals surface area contributed by atoms with Gasteiger partial charge in [-0.3, -0.25) is 0 Å². The second kappa shape index (κ2) is 4.30. The molecule has 3 rings (SSSR count). The Labute approximate surface area is 95.6 Å². The minimum Gasteiger partial charge on any atom is -0.472 e. The molecule has 1 aliphatic carbocycles. The monoisotopic (exact) mass is 216 g/mol. The molecular formula is C14H16O2. The second-order valence-corrected chi connectivity index (χ2v) is 4.43. The van der Waals surface area contributed by atoms with E-state index >= 15 is 0 Å². The van der Waals surface area contributed by atoms with Crippen LogP contribution >= 0.6 is 0 Å². The summed E-state index contributed by atoms with van der Waals surface area (Å²) in [5.41, 5.74) is 4.00. The fraction of sp³-hybridized carbons (Fsp3) is 0.429. The van der Waals surface area contributed by atoms with Crippen LogP contribution in [-0.2, 0) is 4.74 Å². The van der Waals surface area contributed by atoms with Gasteiger partial charge in [-0.05, 0) is 49.0 Å². The van der Waals surface area contributed by atoms with Crippen LogP contribution in [0, 0.1) is 0 Å². The minimum atomic E-state index is 0.348. The Morgan fingerprint density at radius 1 is 1.38 bits per heavy atom. The summed E-state index contributed by atoms with van der Waals surface area (Å²) < 4.78 is 10.9. The van der Waals surface area contributed by atoms with Crippen molar-refractivity contribution in [3.05, 3.63) is 41.4 Å². The van der Waals surface area contributed by atoms with E-state index in [2.05, 4.69) is 12.2 Å². The molecule has 1 atom stereocenters. The molecule has 2 aliphatic rings. The Balaban J connectivity index is 1.91. The van der Waals surface area contributed by atoms with Gasteiger partial charge in [0.1, 0.15) is 0 Å². The number of furan rings is 1. The third kappa shape index (κ3) is 1.85. The first-order valence-corrected chi connectivity index (χ1v) is 5.98. The van der Waals surface area contributed by atoms with Crippen LogP contribution in [0.25, 0.3) is 6.08 Å². The maximum Gasteiger partial charge on any atom is 0.0974 e. The molecule has 0 radical (unpaired) electrons. The van der Waals surface area contributed by atoms with E-state index in [1.54, 1.807) is 12.5 Å². The Morgan fingerprint density at radius 3 is 3.25 bits per heavy atom. The van der Waals surface area contributed by atoms with Gasteiger partial charge in [0.05, 0.1) is 25.2 Å². The van der Waals surface area contributed by atoms with Crippen molar-refractivity contribution in [3.63, 3.8) is 0 Å². The molecule has 0 aromatic carbocycles. The Bertz CT molecular complexity index is 412. The van der Waals surface area contributed by atoms with Gasteiger partial charge in [0, 0.05) is 5.56 Å². The van der Waals surface area contributed by atoms with Gasteiger partial charge in [0.2, 0.25) is 0 Å². The minimum absolute atomic E-state index is 0.348. The maximum atomic E-state index is 5.80. The number of allylic oxidation sites excluding steroid dienone is 1. The predicted octanol–water partition coefficient (Wildman–Crippen LogP) is 3.56. The van der Waals surface area contributed by atoms with Crippen molar-refractivity contribution in [1.82, 2.24) is 0 Å². The predicted molar refractivity (Wildman–Crippen MR) is 63.0 cm³/mol. The highest BCUT2D eigenvalue weighted by atomic mass is 16.5. The first kappa shape index (κ1) is 9.91. The van der Waals surface area contributed by atoms with Crippen molar-refractivity contribution in [3.8, 4) is 0 Å². The summed E-state index contributed by atoms with van der Waals surface area (Å²) >= 11 is 0. The highest BCUT2D eigenvalue weighted by Crippen LogP contribution is 2.33. The number of ether oxygens (including phenoxy) is 1. The fourth-order valence-corrected chi connectivity index (χ4v) is 2.53. The summed E-state index contributed by atoms with van der Waals surface area (Å²) in [5.74, 6) is 0. The molecule has 2 heterocycles. The molecule has 1 aromatic heterocycles. The lowest BCUT2D eigenvalue weighted by molar-refractivity contribution is 0.0570. The topological polar surface area (TPSA) is 22.4 Å². The number of hydrogen-bond donors (Lipinski definition) is 0. The summed E-state index contributed by atoms with van der Waals surface area (Å²) in [4.78, 5) is 0. The lowest BCUT2D eigenvalue weighted by Gasteiger charge is -2.31. The average molecular weight is 216 g/mol. The Kier molecular flexibility index (Phi) is 2.66. The van der Waals surface area contributed by atoms with Gasteiger partial charge >= 0.3 is 0 Å². The Hall–Kier alpha value is -1.28. The third-order valence-electron chi connectivity index (χ3n) is 3.33. The van der Waals surface area contributed by atoms with Crippen molar-refractivity contribution >= 4 is 6.08 Å². The molecule has 1 unspecified atom stereocenters. The molecule has 0 saturated carbocycles. The molecule has 0 bridgehead atoms. The molecular weight excluding hydrogens is 200 g/mol. The van der Waals surface area contributed by atoms with Gasteiger partial charge in [-0.15, -0.1) is 0 Å². The lowest BCUT2D eigenvalue weighted by atomic mass is 9.87. The summed E-state index contributed by atoms with van der Waals surface area (Å²) in [6.45, 7) is 0.853. The van der Waals surface area contributed by atoms with Crippen LogP contribution in [0.3, 0.4) is 0 Å². The average Bonchev–Trinajstić information content (AvgIpc) is 2.82. The SMILES string of the molecule is C1=C2/C(=C/c3ccoc3)CCOC2CCC1. The first-order valence-electron chi connectivity index (χ1n) is 5.98. The summed E-state index contributed by atoms with van der Waals surface area (Å²) in [6, 6.07) is 2.00. The maximum absolute atomic E-state index is 5.80. The van der Waals surface area contributed by atoms with Crippen LogP contribution in [0.2, 0.25) is 0 Å². The molecule has 2 nitrogen and oxygen atoms in total. The zero-order valence-electron chi connectivity index (χ0n) is 9.32. The molecule has 1 fully saturated rings. The zero-order chi connectivity index (χ0) is 10.8. The third-order valence-corrected chi connectivity index (χ3v) is 3.33. The van der Waals surface area contributed by atoms with Gasteiger partial charge in [-0.2, -0.15) is 0 Å². The van der Waals surface area contributed by atoms with Gasteiger partial charge in [-0.1, -0.05) is 6.08 Å². The van der Waals surface area contributed by atoms with Gasteiger partial charge in [0.25, 0.3) is 0 Å². The summed E-state index contributed by atoms with van der Waals surface area (Å²) in [6.07, 6.45) is 13.1. The van der Waals surface area contributed by atoms with E-state index in [9.17, 15) is 0 Å². The normalized spacial score (nSPS) is 27.6. The highest BCUT2D eigenvalue weighted by molar-refractivity contribution is 5.59. The van der Waals surface area contributed by atoms with Crippen molar-refractivity contribution in [2.75, 3.05) is 6.61 Å². The number of rotatable bonds is 1. The molecule has 1 aromatic rings. The molecule has 1 aliphatic heterocycles.